The van der Waals surface area contributed by atoms with Crippen LogP contribution in [0.5, 0.6) is 0 Å². The highest BCUT2D eigenvalue weighted by atomic mass is 35.5. The molecule has 5 aromatic rings. The van der Waals surface area contributed by atoms with Crippen molar-refractivity contribution in [1.82, 2.24) is 10.0 Å². The number of fused-ring (bicyclic) bond motifs is 1. The number of thioether (sulfide) groups is 1. The van der Waals surface area contributed by atoms with E-state index < -0.39 is 16.2 Å². The summed E-state index contributed by atoms with van der Waals surface area (Å²) in [5.74, 6) is 0.216. The minimum atomic E-state index is -4.19. The molecular weight excluding hydrogens is 712 g/mol. The largest absolute Gasteiger partial charge is 0.341 e. The zero-order valence-electron chi connectivity index (χ0n) is 30.0. The Morgan fingerprint density at radius 2 is 1.69 bits per heavy atom. The van der Waals surface area contributed by atoms with E-state index in [4.69, 9.17) is 15.9 Å². The lowest BCUT2D eigenvalue weighted by molar-refractivity contribution is 0.0828. The second kappa shape index (κ2) is 17.1. The van der Waals surface area contributed by atoms with Gasteiger partial charge in [0.1, 0.15) is 0 Å². The van der Waals surface area contributed by atoms with Gasteiger partial charge in [0.2, 0.25) is 0 Å². The maximum atomic E-state index is 14.3. The highest BCUT2D eigenvalue weighted by Gasteiger charge is 2.26. The first-order valence-corrected chi connectivity index (χ1v) is 19.8. The summed E-state index contributed by atoms with van der Waals surface area (Å²) < 4.78 is 33.5. The first kappa shape index (κ1) is 39.0. The van der Waals surface area contributed by atoms with Crippen LogP contribution in [0.25, 0.3) is 22.6 Å². The Balaban J connectivity index is 1.49. The first-order chi connectivity index (χ1) is 24.8. The molecule has 0 saturated carbocycles. The molecule has 0 fully saturated rings. The monoisotopic (exact) mass is 754 g/mol. The maximum Gasteiger partial charge on any atom is 0.312 e. The highest BCUT2D eigenvalue weighted by Crippen LogP contribution is 2.34. The van der Waals surface area contributed by atoms with Crippen molar-refractivity contribution in [3.8, 4) is 0 Å². The van der Waals surface area contributed by atoms with Gasteiger partial charge >= 0.3 is 10.1 Å². The standard InChI is InChI=1S/C42H43ClN2O5S2/c1-7-45-39-20-15-31(26-36(39)37(41(45)27(2)3)24-29(5)25-40(46)35-23-28(4)13-14-30(35)6)42(47)38(21-22-51-33-18-16-32(43)17-19-33)44-50-52(48,49)34-11-9-8-10-12-34/h8-20,23-24,26,38,44H,2,7,21-22,25H2,1,3-6H3/b29-24+. The van der Waals surface area contributed by atoms with Gasteiger partial charge in [-0.1, -0.05) is 65.7 Å². The Morgan fingerprint density at radius 3 is 2.37 bits per heavy atom. The number of nitrogens with zero attached hydrogens (tertiary/aromatic N) is 1. The average Bonchev–Trinajstić information content (AvgIpc) is 3.43. The second-order valence-electron chi connectivity index (χ2n) is 12.9. The van der Waals surface area contributed by atoms with Crippen LogP contribution < -0.4 is 5.48 Å². The molecule has 0 bridgehead atoms. The van der Waals surface area contributed by atoms with E-state index in [1.807, 2.05) is 76.2 Å². The van der Waals surface area contributed by atoms with Crippen molar-refractivity contribution >= 4 is 67.6 Å². The highest BCUT2D eigenvalue weighted by molar-refractivity contribution is 7.99. The molecule has 0 amide bonds. The fourth-order valence-electron chi connectivity index (χ4n) is 6.18. The SMILES string of the molecule is C=C(C)c1c(/C=C(\C)CC(=O)c2cc(C)ccc2C)c2cc(C(=O)C(CCSc3ccc(Cl)cc3)NOS(=O)(=O)c3ccccc3)ccc2n1CC. The number of Topliss-reactive ketones (excluding diaryl/α,β-unsaturated/α-hetero) is 2. The number of hydrogen-bond donors (Lipinski definition) is 1. The predicted molar refractivity (Wildman–Crippen MR) is 214 cm³/mol. The zero-order valence-corrected chi connectivity index (χ0v) is 32.4. The molecule has 0 aliphatic heterocycles. The molecule has 4 aromatic carbocycles. The van der Waals surface area contributed by atoms with E-state index >= 15 is 0 Å². The van der Waals surface area contributed by atoms with E-state index in [1.165, 1.54) is 23.9 Å². The number of benzene rings is 4. The van der Waals surface area contributed by atoms with Crippen LogP contribution in [0.15, 0.2) is 113 Å². The van der Waals surface area contributed by atoms with Gasteiger partial charge in [0.15, 0.2) is 11.6 Å². The molecule has 270 valence electrons. The number of rotatable bonds is 16. The number of allylic oxidation sites excluding steroid dienone is 2. The number of carbonyl (C=O) groups excluding carboxylic acids is 2. The third-order valence-electron chi connectivity index (χ3n) is 8.77. The lowest BCUT2D eigenvalue weighted by Gasteiger charge is -2.17. The Hall–Kier alpha value is -4.25. The number of aryl methyl sites for hydroxylation is 3. The molecule has 0 spiro atoms. The van der Waals surface area contributed by atoms with Crippen molar-refractivity contribution in [2.24, 2.45) is 0 Å². The molecule has 1 heterocycles. The van der Waals surface area contributed by atoms with Crippen LogP contribution in [-0.4, -0.2) is 36.3 Å². The molecule has 1 N–H and O–H groups in total. The van der Waals surface area contributed by atoms with Crippen molar-refractivity contribution in [1.29, 1.82) is 0 Å². The van der Waals surface area contributed by atoms with Crippen LogP contribution in [0, 0.1) is 13.8 Å². The molecule has 10 heteroatoms. The Morgan fingerprint density at radius 1 is 0.981 bits per heavy atom. The number of nitrogens with one attached hydrogen (secondary N) is 1. The van der Waals surface area contributed by atoms with E-state index in [0.717, 1.165) is 49.3 Å². The second-order valence-corrected chi connectivity index (χ2v) is 16.1. The van der Waals surface area contributed by atoms with Crippen LogP contribution in [-0.2, 0) is 20.9 Å². The number of aromatic nitrogens is 1. The van der Waals surface area contributed by atoms with E-state index in [-0.39, 0.29) is 29.3 Å². The fraction of sp³-hybridized carbons (Fsp3) is 0.238. The predicted octanol–water partition coefficient (Wildman–Crippen LogP) is 10.3. The molecule has 7 nitrogen and oxygen atoms in total. The topological polar surface area (TPSA) is 94.5 Å². The smallest absolute Gasteiger partial charge is 0.312 e. The quantitative estimate of drug-likeness (QED) is 0.0609. The van der Waals surface area contributed by atoms with Gasteiger partial charge in [-0.3, -0.25) is 9.59 Å². The van der Waals surface area contributed by atoms with E-state index in [0.29, 0.717) is 28.4 Å². The maximum absolute atomic E-state index is 14.3. The number of halogens is 1. The first-order valence-electron chi connectivity index (χ1n) is 17.1. The molecule has 0 radical (unpaired) electrons. The summed E-state index contributed by atoms with van der Waals surface area (Å²) in [6.07, 6.45) is 2.53. The molecule has 1 atom stereocenters. The summed E-state index contributed by atoms with van der Waals surface area (Å²) in [6.45, 7) is 14.8. The summed E-state index contributed by atoms with van der Waals surface area (Å²) in [7, 11) is -4.19. The van der Waals surface area contributed by atoms with Gasteiger partial charge in [0.05, 0.1) is 16.6 Å². The summed E-state index contributed by atoms with van der Waals surface area (Å²) >= 11 is 7.58. The van der Waals surface area contributed by atoms with Crippen LogP contribution in [0.2, 0.25) is 5.02 Å². The van der Waals surface area contributed by atoms with E-state index in [9.17, 15) is 18.0 Å². The van der Waals surface area contributed by atoms with E-state index in [1.54, 1.807) is 36.4 Å². The number of ketones is 2. The van der Waals surface area contributed by atoms with Crippen LogP contribution in [0.4, 0.5) is 0 Å². The number of carbonyl (C=O) groups is 2. The summed E-state index contributed by atoms with van der Waals surface area (Å²) in [5.41, 5.74) is 10.1. The van der Waals surface area contributed by atoms with Gasteiger partial charge < -0.3 is 4.57 Å². The van der Waals surface area contributed by atoms with Crippen molar-refractivity contribution in [3.63, 3.8) is 0 Å². The number of hydroxylamine groups is 1. The molecular formula is C42H43ClN2O5S2. The Kier molecular flexibility index (Phi) is 12.8. The van der Waals surface area contributed by atoms with Gasteiger partial charge in [-0.2, -0.15) is 18.2 Å². The third-order valence-corrected chi connectivity index (χ3v) is 11.2. The molecule has 1 aromatic heterocycles. The summed E-state index contributed by atoms with van der Waals surface area (Å²) in [4.78, 5) is 28.6. The van der Waals surface area contributed by atoms with Gasteiger partial charge in [-0.05, 0) is 113 Å². The average molecular weight is 755 g/mol. The number of hydrogen-bond acceptors (Lipinski definition) is 7. The lowest BCUT2D eigenvalue weighted by Crippen LogP contribution is -2.39. The van der Waals surface area contributed by atoms with Crippen molar-refractivity contribution in [2.75, 3.05) is 5.75 Å². The van der Waals surface area contributed by atoms with Crippen molar-refractivity contribution in [2.45, 2.75) is 69.8 Å². The van der Waals surface area contributed by atoms with Crippen molar-refractivity contribution in [3.05, 3.63) is 142 Å². The third kappa shape index (κ3) is 9.21. The zero-order chi connectivity index (χ0) is 37.6. The van der Waals surface area contributed by atoms with Gasteiger partial charge in [-0.25, -0.2) is 0 Å². The van der Waals surface area contributed by atoms with Gasteiger partial charge in [0.25, 0.3) is 0 Å². The normalized spacial score (nSPS) is 12.6. The molecule has 0 aliphatic rings. The van der Waals surface area contributed by atoms with Gasteiger partial charge in [-0.15, -0.1) is 11.8 Å². The Labute approximate surface area is 315 Å². The summed E-state index contributed by atoms with van der Waals surface area (Å²) in [5, 5.41) is 1.45. The molecule has 0 aliphatic carbocycles. The lowest BCUT2D eigenvalue weighted by atomic mass is 9.95. The molecule has 52 heavy (non-hydrogen) atoms. The van der Waals surface area contributed by atoms with Crippen LogP contribution in [0.3, 0.4) is 0 Å². The van der Waals surface area contributed by atoms with Crippen LogP contribution in [0.1, 0.15) is 76.7 Å². The molecule has 5 rings (SSSR count). The minimum absolute atomic E-state index is 0.0262. The molecule has 0 saturated heterocycles. The van der Waals surface area contributed by atoms with E-state index in [2.05, 4.69) is 23.5 Å². The van der Waals surface area contributed by atoms with Crippen molar-refractivity contribution < 1.29 is 22.3 Å². The van der Waals surface area contributed by atoms with Crippen LogP contribution >= 0.6 is 23.4 Å². The fourth-order valence-corrected chi connectivity index (χ4v) is 8.05. The minimum Gasteiger partial charge on any atom is -0.341 e. The van der Waals surface area contributed by atoms with Gasteiger partial charge in [0, 0.05) is 56.2 Å². The Bertz CT molecular complexity index is 2260. The summed E-state index contributed by atoms with van der Waals surface area (Å²) in [6, 6.07) is 25.6. The molecule has 1 unspecified atom stereocenters.